The summed E-state index contributed by atoms with van der Waals surface area (Å²) in [6.07, 6.45) is 0. The first-order chi connectivity index (χ1) is 16.0. The van der Waals surface area contributed by atoms with Gasteiger partial charge in [0, 0.05) is 0 Å². The summed E-state index contributed by atoms with van der Waals surface area (Å²) in [5, 5.41) is 12.4. The first-order valence-electron chi connectivity index (χ1n) is 12.6. The molecule has 34 heavy (non-hydrogen) atoms. The standard InChI is InChI=1S/C29H31Si.3CH3.Ti/c1-21-14-13-15-22(2)28(21)30(26-16-9-7-10-17-26,27-18-11-8-12-19-27)29(6)20-23(3)24(4)25(29)5;;;;/h7-19H,1-6H3;3*1H3;. The summed E-state index contributed by atoms with van der Waals surface area (Å²) in [6, 6.07) is 30.0. The van der Waals surface area contributed by atoms with Gasteiger partial charge >= 0.3 is 213 Å². The van der Waals surface area contributed by atoms with Crippen molar-refractivity contribution < 1.29 is 16.6 Å². The quantitative estimate of drug-likeness (QED) is 0.252. The third kappa shape index (κ3) is 3.51. The molecule has 1 atom stereocenters. The molecule has 1 unspecified atom stereocenters. The van der Waals surface area contributed by atoms with E-state index in [1.165, 1.54) is 27.1 Å². The summed E-state index contributed by atoms with van der Waals surface area (Å²) in [6.45, 7) is 14.6. The average molecular weight is 501 g/mol. The van der Waals surface area contributed by atoms with Crippen LogP contribution in [0.5, 0.6) is 0 Å². The van der Waals surface area contributed by atoms with Crippen LogP contribution in [0.25, 0.3) is 0 Å². The Morgan fingerprint density at radius 3 is 1.44 bits per heavy atom. The van der Waals surface area contributed by atoms with Crippen LogP contribution in [-0.4, -0.2) is 8.07 Å². The first kappa shape index (κ1) is 25.2. The Balaban J connectivity index is 2.34. The van der Waals surface area contributed by atoms with Crippen LogP contribution >= 0.6 is 0 Å². The zero-order valence-corrected chi connectivity index (χ0v) is 25.1. The van der Waals surface area contributed by atoms with Gasteiger partial charge in [-0.05, 0) is 0 Å². The molecule has 4 rings (SSSR count). The van der Waals surface area contributed by atoms with E-state index >= 15 is 0 Å². The van der Waals surface area contributed by atoms with Crippen LogP contribution in [0.2, 0.25) is 20.7 Å². The van der Waals surface area contributed by atoms with E-state index in [2.05, 4.69) is 136 Å². The van der Waals surface area contributed by atoms with Gasteiger partial charge in [-0.2, -0.15) is 0 Å². The molecule has 3 aromatic carbocycles. The molecule has 0 aliphatic heterocycles. The minimum absolute atomic E-state index is 0.0149. The van der Waals surface area contributed by atoms with Crippen LogP contribution in [0.3, 0.4) is 0 Å². The summed E-state index contributed by atoms with van der Waals surface area (Å²) in [5.74, 6) is 0. The third-order valence-corrected chi connectivity index (χ3v) is 18.7. The van der Waals surface area contributed by atoms with Crippen LogP contribution in [0.1, 0.15) is 38.8 Å². The van der Waals surface area contributed by atoms with E-state index in [9.17, 15) is 0 Å². The summed E-state index contributed by atoms with van der Waals surface area (Å²) in [4.78, 5) is 0. The second-order valence-electron chi connectivity index (χ2n) is 11.4. The molecule has 1 aliphatic rings. The number of hydrogen-bond acceptors (Lipinski definition) is 0. The van der Waals surface area contributed by atoms with Crippen molar-refractivity contribution in [1.29, 1.82) is 0 Å². The van der Waals surface area contributed by atoms with Gasteiger partial charge in [-0.15, -0.1) is 0 Å². The van der Waals surface area contributed by atoms with Crippen LogP contribution in [0, 0.1) is 13.8 Å². The molecule has 3 aromatic rings. The molecule has 0 fully saturated rings. The Labute approximate surface area is 212 Å². The topological polar surface area (TPSA) is 0 Å². The van der Waals surface area contributed by atoms with Crippen molar-refractivity contribution in [1.82, 2.24) is 0 Å². The molecule has 0 spiro atoms. The molecule has 0 N–H and O–H groups in total. The van der Waals surface area contributed by atoms with Gasteiger partial charge in [-0.3, -0.25) is 0 Å². The predicted molar refractivity (Wildman–Crippen MR) is 150 cm³/mol. The maximum atomic E-state index is 2.63. The molecule has 0 nitrogen and oxygen atoms in total. The molecule has 0 radical (unpaired) electrons. The predicted octanol–water partition coefficient (Wildman–Crippen LogP) is 7.46. The van der Waals surface area contributed by atoms with Crippen molar-refractivity contribution in [2.75, 3.05) is 0 Å². The second-order valence-corrected chi connectivity index (χ2v) is 23.3. The van der Waals surface area contributed by atoms with Gasteiger partial charge in [0.15, 0.2) is 0 Å². The fraction of sp³-hybridized carbons (Fsp3) is 0.312. The number of aryl methyl sites for hydroxylation is 2. The molecule has 0 heterocycles. The van der Waals surface area contributed by atoms with Gasteiger partial charge in [-0.1, -0.05) is 0 Å². The first-order valence-corrected chi connectivity index (χ1v) is 20.0. The van der Waals surface area contributed by atoms with E-state index in [1.807, 2.05) is 0 Å². The van der Waals surface area contributed by atoms with Crippen molar-refractivity contribution >= 4 is 23.6 Å². The summed E-state index contributed by atoms with van der Waals surface area (Å²) in [7, 11) is -2.59. The van der Waals surface area contributed by atoms with Gasteiger partial charge in [0.25, 0.3) is 0 Å². The second kappa shape index (κ2) is 8.94. The summed E-state index contributed by atoms with van der Waals surface area (Å²) >= 11 is -2.28. The molecule has 0 saturated heterocycles. The minimum atomic E-state index is -2.59. The van der Waals surface area contributed by atoms with Crippen molar-refractivity contribution in [2.24, 2.45) is 0 Å². The van der Waals surface area contributed by atoms with Crippen LogP contribution in [0.15, 0.2) is 99.5 Å². The molecular formula is C32H40SiTi. The third-order valence-electron chi connectivity index (χ3n) is 8.52. The fourth-order valence-electron chi connectivity index (χ4n) is 7.25. The number of allylic oxidation sites excluding steroid dienone is 4. The molecule has 0 saturated carbocycles. The Morgan fingerprint density at radius 2 is 1.03 bits per heavy atom. The zero-order chi connectivity index (χ0) is 24.9. The Bertz CT molecular complexity index is 1220. The number of benzene rings is 3. The maximum absolute atomic E-state index is 2.63. The molecule has 0 aromatic heterocycles. The van der Waals surface area contributed by atoms with Gasteiger partial charge in [-0.25, -0.2) is 0 Å². The normalized spacial score (nSPS) is 19.2. The number of hydrogen-bond donors (Lipinski definition) is 0. The van der Waals surface area contributed by atoms with Crippen molar-refractivity contribution in [3.8, 4) is 0 Å². The van der Waals surface area contributed by atoms with Crippen LogP contribution in [-0.2, 0) is 16.6 Å². The van der Waals surface area contributed by atoms with Crippen LogP contribution in [0.4, 0.5) is 0 Å². The summed E-state index contributed by atoms with van der Waals surface area (Å²) < 4.78 is 1.80. The summed E-state index contributed by atoms with van der Waals surface area (Å²) in [5.41, 5.74) is 7.53. The molecule has 1 aliphatic carbocycles. The van der Waals surface area contributed by atoms with Crippen LogP contribution < -0.4 is 15.6 Å². The molecule has 2 heteroatoms. The Kier molecular flexibility index (Phi) is 6.62. The molecule has 176 valence electrons. The van der Waals surface area contributed by atoms with Gasteiger partial charge in [0.1, 0.15) is 0 Å². The van der Waals surface area contributed by atoms with Gasteiger partial charge in [0.05, 0.1) is 0 Å². The van der Waals surface area contributed by atoms with Gasteiger partial charge in [0.2, 0.25) is 0 Å². The van der Waals surface area contributed by atoms with Crippen molar-refractivity contribution in [2.45, 2.75) is 62.3 Å². The molecule has 0 bridgehead atoms. The zero-order valence-electron chi connectivity index (χ0n) is 22.5. The van der Waals surface area contributed by atoms with E-state index in [-0.39, 0.29) is 5.04 Å². The molecular weight excluding hydrogens is 460 g/mol. The monoisotopic (exact) mass is 500 g/mol. The van der Waals surface area contributed by atoms with E-state index in [4.69, 9.17) is 0 Å². The van der Waals surface area contributed by atoms with E-state index < -0.39 is 24.7 Å². The molecule has 0 amide bonds. The fourth-order valence-corrected chi connectivity index (χ4v) is 21.0. The SMILES string of the molecule is CC1=C(C)C(C)([Si](c2ccccc2)(c2ccccc2)c2c(C)cccc2C)[C]([Ti]([CH3])([CH3])[CH3])=C1C. The average Bonchev–Trinajstić information content (AvgIpc) is 2.98. The van der Waals surface area contributed by atoms with E-state index in [1.54, 1.807) is 20.2 Å². The Morgan fingerprint density at radius 1 is 0.588 bits per heavy atom. The Hall–Kier alpha value is -1.93. The number of rotatable bonds is 5. The van der Waals surface area contributed by atoms with E-state index in [0.29, 0.717) is 0 Å². The van der Waals surface area contributed by atoms with E-state index in [0.717, 1.165) is 0 Å². The van der Waals surface area contributed by atoms with Crippen molar-refractivity contribution in [3.63, 3.8) is 0 Å². The van der Waals surface area contributed by atoms with Crippen molar-refractivity contribution in [3.05, 3.63) is 111 Å². The van der Waals surface area contributed by atoms with Gasteiger partial charge < -0.3 is 0 Å².